The number of esters is 1. The third-order valence-electron chi connectivity index (χ3n) is 1.98. The van der Waals surface area contributed by atoms with Gasteiger partial charge in [-0.1, -0.05) is 12.1 Å². The van der Waals surface area contributed by atoms with E-state index in [9.17, 15) is 4.79 Å². The van der Waals surface area contributed by atoms with Gasteiger partial charge in [-0.15, -0.1) is 0 Å². The second kappa shape index (κ2) is 3.96. The average Bonchev–Trinajstić information content (AvgIpc) is 2.82. The maximum absolute atomic E-state index is 11.1. The number of oxazole rings is 1. The molecule has 4 heteroatoms. The minimum absolute atomic E-state index is 0.356. The van der Waals surface area contributed by atoms with E-state index in [-0.39, 0.29) is 5.97 Å². The van der Waals surface area contributed by atoms with Crippen molar-refractivity contribution >= 4 is 5.97 Å². The van der Waals surface area contributed by atoms with E-state index in [2.05, 4.69) is 16.1 Å². The van der Waals surface area contributed by atoms with Gasteiger partial charge in [-0.3, -0.25) is 0 Å². The van der Waals surface area contributed by atoms with Crippen molar-refractivity contribution in [3.05, 3.63) is 42.4 Å². The Labute approximate surface area is 86.5 Å². The molecule has 0 bridgehead atoms. The van der Waals surface area contributed by atoms with E-state index in [1.165, 1.54) is 7.11 Å². The molecule has 2 rings (SSSR count). The van der Waals surface area contributed by atoms with Gasteiger partial charge in [0.05, 0.1) is 18.9 Å². The highest BCUT2D eigenvalue weighted by Crippen LogP contribution is 2.18. The van der Waals surface area contributed by atoms with Crippen LogP contribution in [-0.2, 0) is 4.74 Å². The number of carbonyl (C=O) groups is 1. The molecule has 0 saturated carbocycles. The third kappa shape index (κ3) is 1.88. The zero-order valence-electron chi connectivity index (χ0n) is 8.06. The number of nitrogens with zero attached hydrogens (tertiary/aromatic N) is 1. The predicted molar refractivity (Wildman–Crippen MR) is 52.1 cm³/mol. The quantitative estimate of drug-likeness (QED) is 0.698. The van der Waals surface area contributed by atoms with Gasteiger partial charge in [0.25, 0.3) is 6.39 Å². The zero-order valence-corrected chi connectivity index (χ0v) is 8.06. The van der Waals surface area contributed by atoms with Gasteiger partial charge >= 0.3 is 5.97 Å². The van der Waals surface area contributed by atoms with Crippen LogP contribution in [0.4, 0.5) is 0 Å². The molecule has 1 heterocycles. The molecule has 0 aliphatic carbocycles. The molecule has 0 aliphatic heterocycles. The SMILES string of the molecule is COC(=O)c1ccc(-c2cn[c]o2)cc1. The summed E-state index contributed by atoms with van der Waals surface area (Å²) in [5.41, 5.74) is 1.35. The Morgan fingerprint density at radius 1 is 1.40 bits per heavy atom. The lowest BCUT2D eigenvalue weighted by molar-refractivity contribution is 0.0601. The standard InChI is InChI=1S/C11H8NO3/c1-14-11(13)9-4-2-8(3-5-9)10-6-12-7-15-10/h2-6H,1H3. The van der Waals surface area contributed by atoms with Crippen molar-refractivity contribution in [3.63, 3.8) is 0 Å². The van der Waals surface area contributed by atoms with Crippen molar-refractivity contribution in [1.29, 1.82) is 0 Å². The molecule has 0 atom stereocenters. The predicted octanol–water partition coefficient (Wildman–Crippen LogP) is 1.93. The summed E-state index contributed by atoms with van der Waals surface area (Å²) < 4.78 is 9.58. The van der Waals surface area contributed by atoms with Crippen LogP contribution in [0, 0.1) is 6.39 Å². The van der Waals surface area contributed by atoms with Gasteiger partial charge in [0.15, 0.2) is 5.76 Å². The van der Waals surface area contributed by atoms with E-state index in [0.29, 0.717) is 11.3 Å². The highest BCUT2D eigenvalue weighted by Gasteiger charge is 2.06. The summed E-state index contributed by atoms with van der Waals surface area (Å²) in [7, 11) is 1.35. The van der Waals surface area contributed by atoms with E-state index in [1.54, 1.807) is 30.5 Å². The lowest BCUT2D eigenvalue weighted by Gasteiger charge is -1.99. The zero-order chi connectivity index (χ0) is 10.7. The Morgan fingerprint density at radius 3 is 2.67 bits per heavy atom. The highest BCUT2D eigenvalue weighted by atomic mass is 16.5. The molecule has 2 aromatic rings. The lowest BCUT2D eigenvalue weighted by Crippen LogP contribution is -2.00. The van der Waals surface area contributed by atoms with Gasteiger partial charge in [0.1, 0.15) is 0 Å². The van der Waals surface area contributed by atoms with Gasteiger partial charge in [0.2, 0.25) is 0 Å². The maximum Gasteiger partial charge on any atom is 0.337 e. The molecule has 1 radical (unpaired) electrons. The van der Waals surface area contributed by atoms with Crippen molar-refractivity contribution < 1.29 is 13.9 Å². The number of ether oxygens (including phenoxy) is 1. The Balaban J connectivity index is 2.29. The number of hydrogen-bond donors (Lipinski definition) is 0. The first kappa shape index (κ1) is 9.45. The molecule has 0 amide bonds. The fourth-order valence-electron chi connectivity index (χ4n) is 1.21. The number of methoxy groups -OCH3 is 1. The Bertz CT molecular complexity index is 445. The van der Waals surface area contributed by atoms with Crippen LogP contribution < -0.4 is 0 Å². The molecule has 0 unspecified atom stereocenters. The molecule has 0 fully saturated rings. The van der Waals surface area contributed by atoms with Crippen LogP contribution >= 0.6 is 0 Å². The number of hydrogen-bond acceptors (Lipinski definition) is 4. The average molecular weight is 202 g/mol. The van der Waals surface area contributed by atoms with Crippen LogP contribution in [0.25, 0.3) is 11.3 Å². The molecule has 75 valence electrons. The Hall–Kier alpha value is -2.10. The number of benzene rings is 1. The molecule has 0 N–H and O–H groups in total. The summed E-state index contributed by atoms with van der Waals surface area (Å²) in [4.78, 5) is 14.8. The number of rotatable bonds is 2. The smallest absolute Gasteiger partial charge is 0.337 e. The van der Waals surface area contributed by atoms with Crippen LogP contribution in [0.2, 0.25) is 0 Å². The molecule has 0 saturated heterocycles. The second-order valence-electron chi connectivity index (χ2n) is 2.88. The van der Waals surface area contributed by atoms with Gasteiger partial charge < -0.3 is 9.15 Å². The lowest BCUT2D eigenvalue weighted by atomic mass is 10.1. The van der Waals surface area contributed by atoms with Gasteiger partial charge in [-0.25, -0.2) is 9.78 Å². The van der Waals surface area contributed by atoms with Gasteiger partial charge in [0, 0.05) is 5.56 Å². The molecule has 0 aliphatic rings. The van der Waals surface area contributed by atoms with E-state index < -0.39 is 0 Å². The first-order chi connectivity index (χ1) is 7.31. The summed E-state index contributed by atoms with van der Waals surface area (Å²) >= 11 is 0. The molecular formula is C11H8NO3. The number of aromatic nitrogens is 1. The van der Waals surface area contributed by atoms with E-state index in [1.807, 2.05) is 0 Å². The minimum atomic E-state index is -0.356. The monoisotopic (exact) mass is 202 g/mol. The first-order valence-corrected chi connectivity index (χ1v) is 4.32. The largest absolute Gasteiger partial charge is 0.465 e. The van der Waals surface area contributed by atoms with Crippen molar-refractivity contribution in [2.75, 3.05) is 7.11 Å². The summed E-state index contributed by atoms with van der Waals surface area (Å²) in [5.74, 6) is 0.261. The van der Waals surface area contributed by atoms with Crippen LogP contribution in [0.3, 0.4) is 0 Å². The molecule has 4 nitrogen and oxygen atoms in total. The highest BCUT2D eigenvalue weighted by molar-refractivity contribution is 5.89. The van der Waals surface area contributed by atoms with Crippen LogP contribution in [0.5, 0.6) is 0 Å². The van der Waals surface area contributed by atoms with Crippen LogP contribution in [0.15, 0.2) is 34.9 Å². The van der Waals surface area contributed by atoms with Crippen molar-refractivity contribution in [3.8, 4) is 11.3 Å². The van der Waals surface area contributed by atoms with Crippen LogP contribution in [0.1, 0.15) is 10.4 Å². The molecule has 15 heavy (non-hydrogen) atoms. The normalized spacial score (nSPS) is 9.93. The van der Waals surface area contributed by atoms with Crippen LogP contribution in [-0.4, -0.2) is 18.1 Å². The van der Waals surface area contributed by atoms with Gasteiger partial charge in [-0.2, -0.15) is 0 Å². The van der Waals surface area contributed by atoms with E-state index >= 15 is 0 Å². The maximum atomic E-state index is 11.1. The van der Waals surface area contributed by atoms with Crippen molar-refractivity contribution in [2.45, 2.75) is 0 Å². The fraction of sp³-hybridized carbons (Fsp3) is 0.0909. The Morgan fingerprint density at radius 2 is 2.13 bits per heavy atom. The molecule has 1 aromatic carbocycles. The van der Waals surface area contributed by atoms with E-state index in [4.69, 9.17) is 4.42 Å². The second-order valence-corrected chi connectivity index (χ2v) is 2.88. The minimum Gasteiger partial charge on any atom is -0.465 e. The fourth-order valence-corrected chi connectivity index (χ4v) is 1.21. The summed E-state index contributed by atoms with van der Waals surface area (Å²) in [5, 5.41) is 0. The first-order valence-electron chi connectivity index (χ1n) is 4.32. The Kier molecular flexibility index (Phi) is 2.49. The van der Waals surface area contributed by atoms with Crippen molar-refractivity contribution in [2.24, 2.45) is 0 Å². The molecule has 0 spiro atoms. The summed E-state index contributed by atoms with van der Waals surface area (Å²) in [6.45, 7) is 0. The topological polar surface area (TPSA) is 52.3 Å². The molecule has 1 aromatic heterocycles. The summed E-state index contributed by atoms with van der Waals surface area (Å²) in [6.07, 6.45) is 3.92. The molecular weight excluding hydrogens is 194 g/mol. The van der Waals surface area contributed by atoms with E-state index in [0.717, 1.165) is 5.56 Å². The van der Waals surface area contributed by atoms with Gasteiger partial charge in [-0.05, 0) is 12.1 Å². The summed E-state index contributed by atoms with van der Waals surface area (Å²) in [6, 6.07) is 6.87. The third-order valence-corrected chi connectivity index (χ3v) is 1.98. The van der Waals surface area contributed by atoms with Crippen molar-refractivity contribution in [1.82, 2.24) is 4.98 Å². The number of carbonyl (C=O) groups excluding carboxylic acids is 1.